The normalized spacial score (nSPS) is 10.9. The molecule has 0 spiro atoms. The first kappa shape index (κ1) is 18.9. The summed E-state index contributed by atoms with van der Waals surface area (Å²) in [5.41, 5.74) is 6.49. The number of unbranched alkanes of at least 4 members (excludes halogenated alkanes) is 1. The minimum absolute atomic E-state index is 0.194. The SMILES string of the molecule is O=C(CCCCC(=O)NN=Cc1cccnc1)NN=Cc1cccnc1. The van der Waals surface area contributed by atoms with Crippen LogP contribution in [0.2, 0.25) is 0 Å². The van der Waals surface area contributed by atoms with Gasteiger partial charge < -0.3 is 0 Å². The van der Waals surface area contributed by atoms with Gasteiger partial charge in [-0.2, -0.15) is 10.2 Å². The summed E-state index contributed by atoms with van der Waals surface area (Å²) in [6.45, 7) is 0. The van der Waals surface area contributed by atoms with Crippen molar-refractivity contribution in [3.05, 3.63) is 60.2 Å². The van der Waals surface area contributed by atoms with Crippen LogP contribution < -0.4 is 10.9 Å². The first-order chi connectivity index (χ1) is 12.7. The Morgan fingerprint density at radius 2 is 1.31 bits per heavy atom. The van der Waals surface area contributed by atoms with Crippen LogP contribution in [0.15, 0.2) is 59.3 Å². The van der Waals surface area contributed by atoms with Gasteiger partial charge in [0, 0.05) is 48.8 Å². The van der Waals surface area contributed by atoms with Gasteiger partial charge in [-0.05, 0) is 25.0 Å². The molecule has 0 radical (unpaired) electrons. The van der Waals surface area contributed by atoms with Crippen LogP contribution in [0.3, 0.4) is 0 Å². The van der Waals surface area contributed by atoms with E-state index in [0.717, 1.165) is 11.1 Å². The van der Waals surface area contributed by atoms with E-state index in [2.05, 4.69) is 31.0 Å². The Labute approximate surface area is 151 Å². The molecule has 0 saturated carbocycles. The highest BCUT2D eigenvalue weighted by Gasteiger charge is 2.03. The van der Waals surface area contributed by atoms with E-state index >= 15 is 0 Å². The van der Waals surface area contributed by atoms with Crippen LogP contribution >= 0.6 is 0 Å². The number of rotatable bonds is 9. The Kier molecular flexibility index (Phi) is 8.14. The molecule has 0 aromatic carbocycles. The number of nitrogens with zero attached hydrogens (tertiary/aromatic N) is 4. The molecule has 0 aliphatic heterocycles. The first-order valence-electron chi connectivity index (χ1n) is 8.18. The summed E-state index contributed by atoms with van der Waals surface area (Å²) >= 11 is 0. The number of nitrogens with one attached hydrogen (secondary N) is 2. The Hall–Kier alpha value is -3.42. The van der Waals surface area contributed by atoms with Crippen LogP contribution in [-0.2, 0) is 9.59 Å². The molecule has 2 amide bonds. The second-order valence-corrected chi connectivity index (χ2v) is 5.37. The maximum atomic E-state index is 11.6. The molecule has 2 aromatic rings. The number of aromatic nitrogens is 2. The molecule has 0 atom stereocenters. The molecule has 134 valence electrons. The second-order valence-electron chi connectivity index (χ2n) is 5.37. The summed E-state index contributed by atoms with van der Waals surface area (Å²) in [5.74, 6) is -0.389. The average Bonchev–Trinajstić information content (AvgIpc) is 2.67. The van der Waals surface area contributed by atoms with Crippen LogP contribution in [0.4, 0.5) is 0 Å². The lowest BCUT2D eigenvalue weighted by Crippen LogP contribution is -2.19. The van der Waals surface area contributed by atoms with E-state index in [1.54, 1.807) is 36.9 Å². The van der Waals surface area contributed by atoms with Gasteiger partial charge in [-0.3, -0.25) is 19.6 Å². The highest BCUT2D eigenvalue weighted by atomic mass is 16.2. The summed E-state index contributed by atoms with van der Waals surface area (Å²) in [6, 6.07) is 7.24. The lowest BCUT2D eigenvalue weighted by Gasteiger charge is -2.01. The molecule has 2 rings (SSSR count). The van der Waals surface area contributed by atoms with Gasteiger partial charge in [0.1, 0.15) is 0 Å². The zero-order chi connectivity index (χ0) is 18.5. The Bertz CT molecular complexity index is 681. The average molecular weight is 352 g/mol. The molecule has 2 N–H and O–H groups in total. The third-order valence-corrected chi connectivity index (χ3v) is 3.23. The number of hydrogen-bond donors (Lipinski definition) is 2. The fourth-order valence-electron chi connectivity index (χ4n) is 1.95. The number of carbonyl (C=O) groups excluding carboxylic acids is 2. The molecule has 26 heavy (non-hydrogen) atoms. The Morgan fingerprint density at radius 1 is 0.846 bits per heavy atom. The summed E-state index contributed by atoms with van der Waals surface area (Å²) in [6.07, 6.45) is 11.5. The summed E-state index contributed by atoms with van der Waals surface area (Å²) in [5, 5.41) is 7.71. The van der Waals surface area contributed by atoms with Crippen molar-refractivity contribution < 1.29 is 9.59 Å². The van der Waals surface area contributed by atoms with Crippen LogP contribution in [0.1, 0.15) is 36.8 Å². The van der Waals surface area contributed by atoms with Gasteiger partial charge in [0.05, 0.1) is 12.4 Å². The van der Waals surface area contributed by atoms with E-state index in [4.69, 9.17) is 0 Å². The van der Waals surface area contributed by atoms with Crippen molar-refractivity contribution in [2.24, 2.45) is 10.2 Å². The van der Waals surface area contributed by atoms with E-state index in [9.17, 15) is 9.59 Å². The zero-order valence-corrected chi connectivity index (χ0v) is 14.2. The Morgan fingerprint density at radius 3 is 1.69 bits per heavy atom. The maximum Gasteiger partial charge on any atom is 0.240 e. The lowest BCUT2D eigenvalue weighted by atomic mass is 10.2. The van der Waals surface area contributed by atoms with Gasteiger partial charge in [-0.1, -0.05) is 12.1 Å². The van der Waals surface area contributed by atoms with Crippen LogP contribution in [0.5, 0.6) is 0 Å². The second kappa shape index (κ2) is 11.2. The van der Waals surface area contributed by atoms with E-state index in [1.807, 2.05) is 12.1 Å². The quantitative estimate of drug-likeness (QED) is 0.406. The largest absolute Gasteiger partial charge is 0.273 e. The first-order valence-corrected chi connectivity index (χ1v) is 8.18. The van der Waals surface area contributed by atoms with Crippen LogP contribution in [0.25, 0.3) is 0 Å². The fourth-order valence-corrected chi connectivity index (χ4v) is 1.95. The van der Waals surface area contributed by atoms with Crippen molar-refractivity contribution >= 4 is 24.2 Å². The van der Waals surface area contributed by atoms with E-state index in [0.29, 0.717) is 25.7 Å². The molecular weight excluding hydrogens is 332 g/mol. The molecule has 2 aromatic heterocycles. The molecular formula is C18H20N6O2. The van der Waals surface area contributed by atoms with Crippen molar-refractivity contribution in [1.29, 1.82) is 0 Å². The monoisotopic (exact) mass is 352 g/mol. The van der Waals surface area contributed by atoms with Gasteiger partial charge in [0.25, 0.3) is 0 Å². The van der Waals surface area contributed by atoms with Gasteiger partial charge in [-0.15, -0.1) is 0 Å². The standard InChI is InChI=1S/C18H20N6O2/c25-17(23-21-13-15-5-3-9-19-11-15)7-1-2-8-18(26)24-22-14-16-6-4-10-20-12-16/h3-6,9-14H,1-2,7-8H2,(H,23,25)(H,24,26). The molecule has 2 heterocycles. The molecule has 0 bridgehead atoms. The zero-order valence-electron chi connectivity index (χ0n) is 14.2. The smallest absolute Gasteiger partial charge is 0.240 e. The maximum absolute atomic E-state index is 11.6. The van der Waals surface area contributed by atoms with E-state index < -0.39 is 0 Å². The van der Waals surface area contributed by atoms with Crippen LogP contribution in [-0.4, -0.2) is 34.2 Å². The van der Waals surface area contributed by atoms with Crippen molar-refractivity contribution in [2.75, 3.05) is 0 Å². The number of hydrogen-bond acceptors (Lipinski definition) is 6. The van der Waals surface area contributed by atoms with Gasteiger partial charge in [0.2, 0.25) is 11.8 Å². The summed E-state index contributed by atoms with van der Waals surface area (Å²) < 4.78 is 0. The van der Waals surface area contributed by atoms with Crippen molar-refractivity contribution in [3.8, 4) is 0 Å². The third kappa shape index (κ3) is 7.91. The highest BCUT2D eigenvalue weighted by molar-refractivity contribution is 5.82. The van der Waals surface area contributed by atoms with E-state index in [-0.39, 0.29) is 11.8 Å². The number of amides is 2. The molecule has 8 heteroatoms. The number of pyridine rings is 2. The van der Waals surface area contributed by atoms with Crippen molar-refractivity contribution in [3.63, 3.8) is 0 Å². The molecule has 0 fully saturated rings. The number of carbonyl (C=O) groups is 2. The predicted molar refractivity (Wildman–Crippen MR) is 98.4 cm³/mol. The van der Waals surface area contributed by atoms with Crippen molar-refractivity contribution in [1.82, 2.24) is 20.8 Å². The minimum Gasteiger partial charge on any atom is -0.273 e. The summed E-state index contributed by atoms with van der Waals surface area (Å²) in [7, 11) is 0. The highest BCUT2D eigenvalue weighted by Crippen LogP contribution is 2.00. The topological polar surface area (TPSA) is 109 Å². The van der Waals surface area contributed by atoms with Gasteiger partial charge >= 0.3 is 0 Å². The minimum atomic E-state index is -0.194. The summed E-state index contributed by atoms with van der Waals surface area (Å²) in [4.78, 5) is 31.2. The third-order valence-electron chi connectivity index (χ3n) is 3.23. The van der Waals surface area contributed by atoms with E-state index in [1.165, 1.54) is 12.4 Å². The molecule has 0 saturated heterocycles. The van der Waals surface area contributed by atoms with Gasteiger partial charge in [-0.25, -0.2) is 10.9 Å². The van der Waals surface area contributed by atoms with Crippen LogP contribution in [0, 0.1) is 0 Å². The predicted octanol–water partition coefficient (Wildman–Crippen LogP) is 1.64. The Balaban J connectivity index is 1.55. The van der Waals surface area contributed by atoms with Crippen molar-refractivity contribution in [2.45, 2.75) is 25.7 Å². The molecule has 0 unspecified atom stereocenters. The molecule has 0 aliphatic rings. The molecule has 8 nitrogen and oxygen atoms in total. The lowest BCUT2D eigenvalue weighted by molar-refractivity contribution is -0.123. The fraction of sp³-hybridized carbons (Fsp3) is 0.222. The molecule has 0 aliphatic carbocycles. The van der Waals surface area contributed by atoms with Gasteiger partial charge in [0.15, 0.2) is 0 Å². The number of hydrazone groups is 2.